The molecule has 3 rings (SSSR count). The number of alkyl halides is 3. The summed E-state index contributed by atoms with van der Waals surface area (Å²) < 4.78 is 54.0. The molecule has 13 heteroatoms. The molecule has 0 spiro atoms. The lowest BCUT2D eigenvalue weighted by atomic mass is 10.1. The summed E-state index contributed by atoms with van der Waals surface area (Å²) in [5.74, 6) is -1.21. The minimum atomic E-state index is -4.53. The summed E-state index contributed by atoms with van der Waals surface area (Å²) >= 11 is 0. The van der Waals surface area contributed by atoms with Gasteiger partial charge in [-0.25, -0.2) is 9.37 Å². The Kier molecular flexibility index (Phi) is 8.85. The van der Waals surface area contributed by atoms with Crippen molar-refractivity contribution in [1.82, 2.24) is 9.97 Å². The Morgan fingerprint density at radius 3 is 2.45 bits per heavy atom. The summed E-state index contributed by atoms with van der Waals surface area (Å²) in [5, 5.41) is 17.3. The molecule has 1 heterocycles. The van der Waals surface area contributed by atoms with Crippen molar-refractivity contribution >= 4 is 35.3 Å². The highest BCUT2D eigenvalue weighted by atomic mass is 19.4. The number of halogens is 4. The first-order valence-corrected chi connectivity index (χ1v) is 11.6. The zero-order valence-electron chi connectivity index (χ0n) is 21.3. The number of benzene rings is 2. The summed E-state index contributed by atoms with van der Waals surface area (Å²) in [6, 6.07) is 10.0. The van der Waals surface area contributed by atoms with Gasteiger partial charge in [-0.1, -0.05) is 18.7 Å². The third-order valence-corrected chi connectivity index (χ3v) is 5.22. The van der Waals surface area contributed by atoms with Gasteiger partial charge in [0.1, 0.15) is 17.2 Å². The zero-order chi connectivity index (χ0) is 29.5. The third kappa shape index (κ3) is 7.64. The van der Waals surface area contributed by atoms with Crippen molar-refractivity contribution in [1.29, 1.82) is 5.26 Å². The molecule has 0 atom stereocenters. The smallest absolute Gasteiger partial charge is 0.403 e. The van der Waals surface area contributed by atoms with Crippen molar-refractivity contribution < 1.29 is 22.4 Å². The van der Waals surface area contributed by atoms with E-state index in [-0.39, 0.29) is 34.4 Å². The van der Waals surface area contributed by atoms with Gasteiger partial charge in [0.15, 0.2) is 0 Å². The first kappa shape index (κ1) is 29.3. The number of anilines is 4. The van der Waals surface area contributed by atoms with E-state index in [9.17, 15) is 22.4 Å². The molecule has 0 bridgehead atoms. The number of carbonyl (C=O) groups is 1. The molecule has 206 valence electrons. The van der Waals surface area contributed by atoms with Gasteiger partial charge >= 0.3 is 6.18 Å². The topological polar surface area (TPSA) is 141 Å². The van der Waals surface area contributed by atoms with E-state index in [1.807, 2.05) is 6.07 Å². The van der Waals surface area contributed by atoms with Gasteiger partial charge in [0.25, 0.3) is 0 Å². The van der Waals surface area contributed by atoms with Crippen LogP contribution in [0.1, 0.15) is 19.4 Å². The summed E-state index contributed by atoms with van der Waals surface area (Å²) in [6.07, 6.45) is 0.324. The summed E-state index contributed by atoms with van der Waals surface area (Å²) in [5.41, 5.74) is 4.73. The SMILES string of the molecule is C=CC(=O)Nc1ccc(F)c(Nc2nc(N/C(C=NC(C)(C)C#N)=C/N)ncc2-c2ccc(C(F)(F)F)cc2)c1. The van der Waals surface area contributed by atoms with Crippen molar-refractivity contribution in [2.24, 2.45) is 10.7 Å². The number of nitrogens with one attached hydrogen (secondary N) is 3. The second-order valence-corrected chi connectivity index (χ2v) is 8.72. The Hall–Kier alpha value is -5.25. The monoisotopic (exact) mass is 552 g/mol. The molecule has 5 N–H and O–H groups in total. The van der Waals surface area contributed by atoms with Crippen molar-refractivity contribution in [3.8, 4) is 17.2 Å². The van der Waals surface area contributed by atoms with Crippen LogP contribution < -0.4 is 21.7 Å². The number of nitrogens with zero attached hydrogens (tertiary/aromatic N) is 4. The van der Waals surface area contributed by atoms with Gasteiger partial charge in [-0.15, -0.1) is 0 Å². The van der Waals surface area contributed by atoms with Crippen LogP contribution in [0.4, 0.5) is 40.7 Å². The second-order valence-electron chi connectivity index (χ2n) is 8.72. The number of amides is 1. The fraction of sp³-hybridized carbons (Fsp3) is 0.148. The summed E-state index contributed by atoms with van der Waals surface area (Å²) in [7, 11) is 0. The molecular weight excluding hydrogens is 528 g/mol. The molecular formula is C27H24F4N8O. The molecule has 1 amide bonds. The number of aliphatic imine (C=N–C) groups is 1. The van der Waals surface area contributed by atoms with Crippen LogP contribution in [0, 0.1) is 17.1 Å². The Balaban J connectivity index is 2.05. The average molecular weight is 553 g/mol. The second kappa shape index (κ2) is 12.1. The van der Waals surface area contributed by atoms with E-state index >= 15 is 0 Å². The maximum atomic E-state index is 14.8. The van der Waals surface area contributed by atoms with E-state index in [1.165, 1.54) is 42.9 Å². The Labute approximate surface area is 227 Å². The fourth-order valence-electron chi connectivity index (χ4n) is 3.11. The molecule has 9 nitrogen and oxygen atoms in total. The molecule has 0 unspecified atom stereocenters. The van der Waals surface area contributed by atoms with Gasteiger partial charge in [-0.3, -0.25) is 9.79 Å². The van der Waals surface area contributed by atoms with Crippen LogP contribution in [0.25, 0.3) is 11.1 Å². The third-order valence-electron chi connectivity index (χ3n) is 5.22. The van der Waals surface area contributed by atoms with Crippen molar-refractivity contribution in [2.75, 3.05) is 16.0 Å². The predicted molar refractivity (Wildman–Crippen MR) is 145 cm³/mol. The van der Waals surface area contributed by atoms with Gasteiger partial charge < -0.3 is 21.7 Å². The lowest BCUT2D eigenvalue weighted by molar-refractivity contribution is -0.137. The fourth-order valence-corrected chi connectivity index (χ4v) is 3.11. The molecule has 0 fully saturated rings. The van der Waals surface area contributed by atoms with Crippen molar-refractivity contribution in [2.45, 2.75) is 25.6 Å². The maximum Gasteiger partial charge on any atom is 0.416 e. The standard InChI is InChI=1S/C27H24F4N8O/c1-4-23(40)36-18-9-10-21(28)22(11-18)38-24-20(16-5-7-17(8-6-16)27(29,30)31)14-34-25(39-24)37-19(12-32)13-35-26(2,3)15-33/h4-14H,1,32H2,2-3H3,(H,36,40)(H2,34,37,38,39)/b19-12+,35-13?. The van der Waals surface area contributed by atoms with E-state index in [0.717, 1.165) is 24.3 Å². The number of hydrogen-bond donors (Lipinski definition) is 4. The number of carbonyl (C=O) groups excluding carboxylic acids is 1. The molecule has 0 aliphatic rings. The molecule has 0 aliphatic heterocycles. The normalized spacial score (nSPS) is 12.1. The van der Waals surface area contributed by atoms with E-state index in [4.69, 9.17) is 11.0 Å². The number of rotatable bonds is 9. The van der Waals surface area contributed by atoms with Gasteiger partial charge in [-0.05, 0) is 55.8 Å². The highest BCUT2D eigenvalue weighted by Crippen LogP contribution is 2.34. The van der Waals surface area contributed by atoms with Gasteiger partial charge in [0.05, 0.1) is 23.0 Å². The van der Waals surface area contributed by atoms with Gasteiger partial charge in [0.2, 0.25) is 11.9 Å². The molecule has 2 aromatic carbocycles. The first-order chi connectivity index (χ1) is 18.8. The van der Waals surface area contributed by atoms with Crippen LogP contribution in [0.3, 0.4) is 0 Å². The van der Waals surface area contributed by atoms with E-state index in [0.29, 0.717) is 5.56 Å². The van der Waals surface area contributed by atoms with Crippen molar-refractivity contribution in [3.05, 3.63) is 84.6 Å². The van der Waals surface area contributed by atoms with Crippen LogP contribution in [0.5, 0.6) is 0 Å². The van der Waals surface area contributed by atoms with Crippen molar-refractivity contribution in [3.63, 3.8) is 0 Å². The Bertz CT molecular complexity index is 1510. The lowest BCUT2D eigenvalue weighted by Crippen LogP contribution is -2.15. The first-order valence-electron chi connectivity index (χ1n) is 11.6. The van der Waals surface area contributed by atoms with Crippen LogP contribution in [0.15, 0.2) is 78.2 Å². The maximum absolute atomic E-state index is 14.8. The van der Waals surface area contributed by atoms with Gasteiger partial charge in [0, 0.05) is 29.9 Å². The molecule has 0 saturated carbocycles. The largest absolute Gasteiger partial charge is 0.416 e. The number of allylic oxidation sites excluding steroid dienone is 1. The zero-order valence-corrected chi connectivity index (χ0v) is 21.3. The average Bonchev–Trinajstić information content (AvgIpc) is 2.92. The minimum Gasteiger partial charge on any atom is -0.403 e. The molecule has 3 aromatic rings. The number of nitrogens with two attached hydrogens (primary N) is 1. The van der Waals surface area contributed by atoms with Crippen LogP contribution in [0.2, 0.25) is 0 Å². The predicted octanol–water partition coefficient (Wildman–Crippen LogP) is 5.75. The molecule has 0 aliphatic carbocycles. The van der Waals surface area contributed by atoms with E-state index in [2.05, 4.69) is 37.5 Å². The van der Waals surface area contributed by atoms with E-state index in [1.54, 1.807) is 13.8 Å². The molecule has 0 saturated heterocycles. The molecule has 40 heavy (non-hydrogen) atoms. The highest BCUT2D eigenvalue weighted by molar-refractivity contribution is 5.99. The van der Waals surface area contributed by atoms with E-state index < -0.39 is 29.0 Å². The summed E-state index contributed by atoms with van der Waals surface area (Å²) in [4.78, 5) is 24.4. The number of nitriles is 1. The van der Waals surface area contributed by atoms with Gasteiger partial charge in [-0.2, -0.15) is 23.4 Å². The quantitative estimate of drug-likeness (QED) is 0.150. The minimum absolute atomic E-state index is 0.0207. The van der Waals surface area contributed by atoms with Crippen LogP contribution >= 0.6 is 0 Å². The summed E-state index contributed by atoms with van der Waals surface area (Å²) in [6.45, 7) is 6.55. The van der Waals surface area contributed by atoms with Crippen LogP contribution in [-0.4, -0.2) is 27.6 Å². The molecule has 0 radical (unpaired) electrons. The Morgan fingerprint density at radius 2 is 1.85 bits per heavy atom. The molecule has 1 aromatic heterocycles. The lowest BCUT2D eigenvalue weighted by Gasteiger charge is -2.15. The number of aromatic nitrogens is 2. The number of hydrogen-bond acceptors (Lipinski definition) is 8. The van der Waals surface area contributed by atoms with Crippen LogP contribution in [-0.2, 0) is 11.0 Å². The highest BCUT2D eigenvalue weighted by Gasteiger charge is 2.30. The Morgan fingerprint density at radius 1 is 1.15 bits per heavy atom.